The van der Waals surface area contributed by atoms with Crippen LogP contribution in [0.1, 0.15) is 21.5 Å². The van der Waals surface area contributed by atoms with Crippen LogP contribution in [0.3, 0.4) is 0 Å². The maximum Gasteiger partial charge on any atom is 0.416 e. The Morgan fingerprint density at radius 2 is 1.88 bits per heavy atom. The number of nitrogens with zero attached hydrogens (tertiary/aromatic N) is 2. The molecular formula is C23H17F3N4O2. The molecule has 6 nitrogen and oxygen atoms in total. The highest BCUT2D eigenvalue weighted by Gasteiger charge is 2.32. The molecule has 9 heteroatoms. The molecule has 0 fully saturated rings. The van der Waals surface area contributed by atoms with E-state index in [0.717, 1.165) is 6.07 Å². The van der Waals surface area contributed by atoms with Gasteiger partial charge in [-0.1, -0.05) is 18.2 Å². The summed E-state index contributed by atoms with van der Waals surface area (Å²) in [5.74, 6) is 0.295. The highest BCUT2D eigenvalue weighted by molar-refractivity contribution is 6.13. The summed E-state index contributed by atoms with van der Waals surface area (Å²) in [7, 11) is 0. The maximum atomic E-state index is 13.2. The van der Waals surface area contributed by atoms with Gasteiger partial charge in [0.1, 0.15) is 5.75 Å². The fourth-order valence-corrected chi connectivity index (χ4v) is 3.26. The Morgan fingerprint density at radius 1 is 1.06 bits per heavy atom. The second kappa shape index (κ2) is 8.18. The van der Waals surface area contributed by atoms with Gasteiger partial charge < -0.3 is 15.8 Å². The first kappa shape index (κ1) is 21.1. The smallest absolute Gasteiger partial charge is 0.416 e. The fraction of sp³-hybridized carbons (Fsp3) is 0.0870. The van der Waals surface area contributed by atoms with E-state index in [2.05, 4.69) is 15.3 Å². The molecule has 0 aliphatic heterocycles. The topological polar surface area (TPSA) is 90.1 Å². The molecule has 162 valence electrons. The predicted molar refractivity (Wildman–Crippen MR) is 115 cm³/mol. The van der Waals surface area contributed by atoms with E-state index in [9.17, 15) is 18.0 Å². The number of nitrogens with two attached hydrogens (primary N) is 1. The number of ether oxygens (including phenoxy) is 1. The minimum absolute atomic E-state index is 0.0613. The molecule has 0 bridgehead atoms. The van der Waals surface area contributed by atoms with Gasteiger partial charge in [-0.2, -0.15) is 18.2 Å². The number of amides is 1. The van der Waals surface area contributed by atoms with E-state index in [1.54, 1.807) is 42.5 Å². The first-order valence-electron chi connectivity index (χ1n) is 9.49. The number of rotatable bonds is 4. The van der Waals surface area contributed by atoms with E-state index in [-0.39, 0.29) is 23.1 Å². The molecule has 1 amide bonds. The number of hydrogen-bond acceptors (Lipinski definition) is 5. The third kappa shape index (κ3) is 4.46. The Morgan fingerprint density at radius 3 is 2.62 bits per heavy atom. The molecule has 0 atom stereocenters. The molecule has 3 aromatic carbocycles. The van der Waals surface area contributed by atoms with Crippen LogP contribution in [-0.2, 0) is 6.18 Å². The lowest BCUT2D eigenvalue weighted by Crippen LogP contribution is -2.14. The summed E-state index contributed by atoms with van der Waals surface area (Å²) in [6.45, 7) is 1.37. The number of halogens is 3. The normalized spacial score (nSPS) is 11.4. The van der Waals surface area contributed by atoms with Crippen LogP contribution in [0.15, 0.2) is 66.9 Å². The van der Waals surface area contributed by atoms with Gasteiger partial charge in [0.2, 0.25) is 11.8 Å². The minimum Gasteiger partial charge on any atom is -0.439 e. The number of aromatic nitrogens is 2. The van der Waals surface area contributed by atoms with Crippen LogP contribution < -0.4 is 15.8 Å². The molecule has 0 aliphatic carbocycles. The number of benzene rings is 3. The van der Waals surface area contributed by atoms with E-state index < -0.39 is 17.6 Å². The molecular weight excluding hydrogens is 421 g/mol. The second-order valence-electron chi connectivity index (χ2n) is 7.03. The SMILES string of the molecule is Cc1ccc(NC(=O)c2cccc3cc(Oc4ccnc(N)n4)ccc23)cc1C(F)(F)F. The van der Waals surface area contributed by atoms with Crippen molar-refractivity contribution in [3.8, 4) is 11.6 Å². The van der Waals surface area contributed by atoms with Crippen LogP contribution in [-0.4, -0.2) is 15.9 Å². The van der Waals surface area contributed by atoms with Gasteiger partial charge in [-0.25, -0.2) is 4.98 Å². The van der Waals surface area contributed by atoms with Gasteiger partial charge in [0.05, 0.1) is 5.56 Å². The zero-order chi connectivity index (χ0) is 22.9. The van der Waals surface area contributed by atoms with Crippen molar-refractivity contribution in [2.24, 2.45) is 0 Å². The third-order valence-corrected chi connectivity index (χ3v) is 4.77. The van der Waals surface area contributed by atoms with Crippen molar-refractivity contribution in [2.45, 2.75) is 13.1 Å². The molecule has 4 aromatic rings. The van der Waals surface area contributed by atoms with Crippen molar-refractivity contribution in [3.05, 3.63) is 83.6 Å². The third-order valence-electron chi connectivity index (χ3n) is 4.77. The van der Waals surface area contributed by atoms with E-state index in [0.29, 0.717) is 22.1 Å². The summed E-state index contributed by atoms with van der Waals surface area (Å²) in [5, 5.41) is 3.87. The number of aryl methyl sites for hydroxylation is 1. The van der Waals surface area contributed by atoms with Gasteiger partial charge in [-0.3, -0.25) is 4.79 Å². The molecule has 0 saturated carbocycles. The van der Waals surface area contributed by atoms with E-state index >= 15 is 0 Å². The van der Waals surface area contributed by atoms with Crippen molar-refractivity contribution in [1.29, 1.82) is 0 Å². The number of alkyl halides is 3. The summed E-state index contributed by atoms with van der Waals surface area (Å²) < 4.78 is 45.2. The van der Waals surface area contributed by atoms with Gasteiger partial charge in [-0.15, -0.1) is 0 Å². The van der Waals surface area contributed by atoms with E-state index in [1.165, 1.54) is 25.3 Å². The first-order chi connectivity index (χ1) is 15.2. The minimum atomic E-state index is -4.50. The number of fused-ring (bicyclic) bond motifs is 1. The fourth-order valence-electron chi connectivity index (χ4n) is 3.26. The largest absolute Gasteiger partial charge is 0.439 e. The summed E-state index contributed by atoms with van der Waals surface area (Å²) in [5.41, 5.74) is 5.22. The van der Waals surface area contributed by atoms with Gasteiger partial charge in [0.25, 0.3) is 5.91 Å². The average Bonchev–Trinajstić information content (AvgIpc) is 2.73. The van der Waals surface area contributed by atoms with Gasteiger partial charge in [0, 0.05) is 23.5 Å². The van der Waals surface area contributed by atoms with Crippen molar-refractivity contribution in [2.75, 3.05) is 11.1 Å². The Kier molecular flexibility index (Phi) is 5.40. The average molecular weight is 438 g/mol. The lowest BCUT2D eigenvalue weighted by molar-refractivity contribution is -0.138. The molecule has 0 aliphatic rings. The molecule has 0 spiro atoms. The standard InChI is InChI=1S/C23H17F3N4O2/c1-13-5-6-15(12-19(13)23(24,25)26)29-21(31)18-4-2-3-14-11-16(7-8-17(14)18)32-20-9-10-28-22(27)30-20/h2-12H,1H3,(H,29,31)(H2,27,28,30). The highest BCUT2D eigenvalue weighted by Crippen LogP contribution is 2.34. The summed E-state index contributed by atoms with van der Waals surface area (Å²) in [6.07, 6.45) is -3.04. The van der Waals surface area contributed by atoms with Crippen LogP contribution in [0.5, 0.6) is 11.6 Å². The second-order valence-corrected chi connectivity index (χ2v) is 7.03. The Bertz CT molecular complexity index is 1320. The zero-order valence-corrected chi connectivity index (χ0v) is 16.8. The number of carbonyl (C=O) groups excluding carboxylic acids is 1. The quantitative estimate of drug-likeness (QED) is 0.434. The van der Waals surface area contributed by atoms with E-state index in [4.69, 9.17) is 10.5 Å². The Labute approximate surface area is 180 Å². The molecule has 0 unspecified atom stereocenters. The molecule has 3 N–H and O–H groups in total. The Balaban J connectivity index is 1.61. The van der Waals surface area contributed by atoms with Crippen LogP contribution in [0.2, 0.25) is 0 Å². The van der Waals surface area contributed by atoms with E-state index in [1.807, 2.05) is 0 Å². The van der Waals surface area contributed by atoms with Gasteiger partial charge >= 0.3 is 6.18 Å². The van der Waals surface area contributed by atoms with Gasteiger partial charge in [-0.05, 0) is 59.7 Å². The number of anilines is 2. The van der Waals surface area contributed by atoms with Crippen molar-refractivity contribution in [1.82, 2.24) is 9.97 Å². The van der Waals surface area contributed by atoms with Crippen molar-refractivity contribution < 1.29 is 22.7 Å². The maximum absolute atomic E-state index is 13.2. The van der Waals surface area contributed by atoms with Crippen LogP contribution in [0.25, 0.3) is 10.8 Å². The monoisotopic (exact) mass is 438 g/mol. The summed E-state index contributed by atoms with van der Waals surface area (Å²) in [6, 6.07) is 15.4. The molecule has 0 saturated heterocycles. The van der Waals surface area contributed by atoms with Crippen molar-refractivity contribution >= 4 is 28.3 Å². The number of hydrogen-bond donors (Lipinski definition) is 2. The van der Waals surface area contributed by atoms with Crippen molar-refractivity contribution in [3.63, 3.8) is 0 Å². The number of nitrogens with one attached hydrogen (secondary N) is 1. The zero-order valence-electron chi connectivity index (χ0n) is 16.8. The molecule has 32 heavy (non-hydrogen) atoms. The highest BCUT2D eigenvalue weighted by atomic mass is 19.4. The number of nitrogen functional groups attached to an aromatic ring is 1. The van der Waals surface area contributed by atoms with Crippen LogP contribution in [0.4, 0.5) is 24.8 Å². The number of carbonyl (C=O) groups is 1. The molecule has 0 radical (unpaired) electrons. The summed E-state index contributed by atoms with van der Waals surface area (Å²) >= 11 is 0. The summed E-state index contributed by atoms with van der Waals surface area (Å²) in [4.78, 5) is 20.6. The first-order valence-corrected chi connectivity index (χ1v) is 9.49. The molecule has 4 rings (SSSR count). The lowest BCUT2D eigenvalue weighted by Gasteiger charge is -2.13. The predicted octanol–water partition coefficient (Wildman–Crippen LogP) is 5.58. The van der Waals surface area contributed by atoms with Crippen LogP contribution >= 0.6 is 0 Å². The van der Waals surface area contributed by atoms with Crippen LogP contribution in [0, 0.1) is 6.92 Å². The molecule has 1 aromatic heterocycles. The lowest BCUT2D eigenvalue weighted by atomic mass is 10.0. The Hall–Kier alpha value is -4.14. The van der Waals surface area contributed by atoms with Gasteiger partial charge in [0.15, 0.2) is 0 Å². The molecule has 1 heterocycles.